The average Bonchev–Trinajstić information content (AvgIpc) is 3.05. The summed E-state index contributed by atoms with van der Waals surface area (Å²) < 4.78 is 13.6. The predicted octanol–water partition coefficient (Wildman–Crippen LogP) is 4.54. The number of benzene rings is 2. The lowest BCUT2D eigenvalue weighted by molar-refractivity contribution is -0.130. The number of carbonyl (C=O) groups is 2. The molecule has 1 amide bonds. The predicted molar refractivity (Wildman–Crippen MR) is 120 cm³/mol. The fourth-order valence-corrected chi connectivity index (χ4v) is 4.45. The molecule has 1 aliphatic heterocycles. The zero-order chi connectivity index (χ0) is 22.1. The number of rotatable bonds is 5. The van der Waals surface area contributed by atoms with Crippen molar-refractivity contribution in [3.63, 3.8) is 0 Å². The molecule has 162 valence electrons. The number of fused-ring (bicyclic) bond motifs is 1. The highest BCUT2D eigenvalue weighted by Gasteiger charge is 2.22. The summed E-state index contributed by atoms with van der Waals surface area (Å²) in [7, 11) is 1.64. The molecule has 1 saturated heterocycles. The standard InChI is InChI=1S/C25H28N2O4/c1-16-25(17(2)28)23-10-9-22(30-4)15-24(23)27(16)19-5-7-20(8-6-19)31-21-11-13-26(14-12-21)18(3)29/h5-10,15,21H,11-14H2,1-4H3. The molecule has 1 fully saturated rings. The van der Waals surface area contributed by atoms with Crippen LogP contribution >= 0.6 is 0 Å². The van der Waals surface area contributed by atoms with E-state index in [9.17, 15) is 9.59 Å². The fourth-order valence-electron chi connectivity index (χ4n) is 4.45. The van der Waals surface area contributed by atoms with Gasteiger partial charge in [0.1, 0.15) is 17.6 Å². The van der Waals surface area contributed by atoms with Crippen molar-refractivity contribution in [3.05, 3.63) is 53.7 Å². The Kier molecular flexibility index (Phi) is 5.72. The average molecular weight is 421 g/mol. The first kappa shape index (κ1) is 21.0. The van der Waals surface area contributed by atoms with Crippen LogP contribution in [0, 0.1) is 6.92 Å². The number of ketones is 1. The number of carbonyl (C=O) groups excluding carboxylic acids is 2. The Morgan fingerprint density at radius 2 is 1.61 bits per heavy atom. The smallest absolute Gasteiger partial charge is 0.219 e. The molecule has 2 heterocycles. The number of likely N-dealkylation sites (tertiary alicyclic amines) is 1. The summed E-state index contributed by atoms with van der Waals surface area (Å²) in [6.45, 7) is 6.66. The van der Waals surface area contributed by atoms with E-state index in [1.54, 1.807) is 21.0 Å². The summed E-state index contributed by atoms with van der Waals surface area (Å²) in [5.41, 5.74) is 3.53. The van der Waals surface area contributed by atoms with Crippen LogP contribution < -0.4 is 9.47 Å². The van der Waals surface area contributed by atoms with Crippen molar-refractivity contribution in [2.45, 2.75) is 39.7 Å². The number of Topliss-reactive ketones (excluding diaryl/α,β-unsaturated/α-hetero) is 1. The highest BCUT2D eigenvalue weighted by molar-refractivity contribution is 6.09. The van der Waals surface area contributed by atoms with Gasteiger partial charge in [-0.1, -0.05) is 0 Å². The van der Waals surface area contributed by atoms with Crippen LogP contribution in [0.1, 0.15) is 42.7 Å². The van der Waals surface area contributed by atoms with Crippen molar-refractivity contribution < 1.29 is 19.1 Å². The number of nitrogens with zero attached hydrogens (tertiary/aromatic N) is 2. The Bertz CT molecular complexity index is 1120. The number of aromatic nitrogens is 1. The molecule has 0 bridgehead atoms. The van der Waals surface area contributed by atoms with Crippen LogP contribution in [0.4, 0.5) is 0 Å². The lowest BCUT2D eigenvalue weighted by Gasteiger charge is -2.31. The maximum absolute atomic E-state index is 12.3. The summed E-state index contributed by atoms with van der Waals surface area (Å²) in [4.78, 5) is 25.7. The van der Waals surface area contributed by atoms with Crippen molar-refractivity contribution in [1.82, 2.24) is 9.47 Å². The summed E-state index contributed by atoms with van der Waals surface area (Å²) in [5, 5.41) is 0.920. The molecule has 0 radical (unpaired) electrons. The molecule has 0 atom stereocenters. The van der Waals surface area contributed by atoms with Crippen LogP contribution in [0.15, 0.2) is 42.5 Å². The van der Waals surface area contributed by atoms with Crippen LogP contribution in [0.3, 0.4) is 0 Å². The van der Waals surface area contributed by atoms with E-state index in [4.69, 9.17) is 9.47 Å². The summed E-state index contributed by atoms with van der Waals surface area (Å²) in [6.07, 6.45) is 1.79. The maximum atomic E-state index is 12.3. The van der Waals surface area contributed by atoms with Crippen molar-refractivity contribution in [2.24, 2.45) is 0 Å². The van der Waals surface area contributed by atoms with Gasteiger partial charge in [0, 0.05) is 61.3 Å². The van der Waals surface area contributed by atoms with Gasteiger partial charge >= 0.3 is 0 Å². The van der Waals surface area contributed by atoms with Crippen LogP contribution in [0.5, 0.6) is 11.5 Å². The van der Waals surface area contributed by atoms with Crippen LogP contribution in [0.25, 0.3) is 16.6 Å². The van der Waals surface area contributed by atoms with Crippen LogP contribution in [0.2, 0.25) is 0 Å². The van der Waals surface area contributed by atoms with Crippen molar-refractivity contribution in [2.75, 3.05) is 20.2 Å². The normalized spacial score (nSPS) is 14.6. The Morgan fingerprint density at radius 1 is 0.968 bits per heavy atom. The van der Waals surface area contributed by atoms with Gasteiger partial charge in [-0.15, -0.1) is 0 Å². The molecule has 3 aromatic rings. The van der Waals surface area contributed by atoms with Gasteiger partial charge in [0.05, 0.1) is 12.6 Å². The minimum absolute atomic E-state index is 0.0447. The lowest BCUT2D eigenvalue weighted by Crippen LogP contribution is -2.40. The second kappa shape index (κ2) is 8.46. The van der Waals surface area contributed by atoms with E-state index in [1.165, 1.54) is 0 Å². The molecule has 1 aromatic heterocycles. The largest absolute Gasteiger partial charge is 0.497 e. The van der Waals surface area contributed by atoms with Gasteiger partial charge in [0.15, 0.2) is 5.78 Å². The second-order valence-corrected chi connectivity index (χ2v) is 8.05. The Hall–Kier alpha value is -3.28. The molecule has 0 saturated carbocycles. The molecular formula is C25H28N2O4. The number of hydrogen-bond acceptors (Lipinski definition) is 4. The minimum Gasteiger partial charge on any atom is -0.497 e. The van der Waals surface area contributed by atoms with Gasteiger partial charge in [-0.3, -0.25) is 9.59 Å². The Balaban J connectivity index is 1.61. The Morgan fingerprint density at radius 3 is 2.19 bits per heavy atom. The molecule has 1 aliphatic rings. The fraction of sp³-hybridized carbons (Fsp3) is 0.360. The molecule has 0 spiro atoms. The van der Waals surface area contributed by atoms with Crippen molar-refractivity contribution in [3.8, 4) is 17.2 Å². The third-order valence-corrected chi connectivity index (χ3v) is 6.05. The molecule has 6 nitrogen and oxygen atoms in total. The van der Waals surface area contributed by atoms with Crippen molar-refractivity contribution >= 4 is 22.6 Å². The van der Waals surface area contributed by atoms with Crippen LogP contribution in [-0.2, 0) is 4.79 Å². The monoisotopic (exact) mass is 420 g/mol. The molecule has 2 aromatic carbocycles. The summed E-state index contributed by atoms with van der Waals surface area (Å²) in [6, 6.07) is 13.7. The number of methoxy groups -OCH3 is 1. The van der Waals surface area contributed by atoms with E-state index in [0.29, 0.717) is 0 Å². The molecular weight excluding hydrogens is 392 g/mol. The quantitative estimate of drug-likeness (QED) is 0.569. The number of piperidine rings is 1. The second-order valence-electron chi connectivity index (χ2n) is 8.05. The van der Waals surface area contributed by atoms with Gasteiger partial charge in [0.25, 0.3) is 0 Å². The molecule has 0 aliphatic carbocycles. The van der Waals surface area contributed by atoms with E-state index < -0.39 is 0 Å². The first-order valence-electron chi connectivity index (χ1n) is 10.6. The van der Waals surface area contributed by atoms with Gasteiger partial charge in [0.2, 0.25) is 5.91 Å². The third kappa shape index (κ3) is 4.02. The first-order valence-corrected chi connectivity index (χ1v) is 10.6. The number of ether oxygens (including phenoxy) is 2. The summed E-state index contributed by atoms with van der Waals surface area (Å²) >= 11 is 0. The first-order chi connectivity index (χ1) is 14.9. The summed E-state index contributed by atoms with van der Waals surface area (Å²) in [5.74, 6) is 1.73. The third-order valence-electron chi connectivity index (χ3n) is 6.05. The Labute approximate surface area is 182 Å². The highest BCUT2D eigenvalue weighted by atomic mass is 16.5. The lowest BCUT2D eigenvalue weighted by atomic mass is 10.1. The van der Waals surface area contributed by atoms with Gasteiger partial charge in [-0.05, 0) is 50.2 Å². The zero-order valence-electron chi connectivity index (χ0n) is 18.5. The molecule has 0 unspecified atom stereocenters. The van der Waals surface area contributed by atoms with Gasteiger partial charge < -0.3 is 18.9 Å². The number of hydrogen-bond donors (Lipinski definition) is 0. The topological polar surface area (TPSA) is 60.8 Å². The molecule has 0 N–H and O–H groups in total. The van der Waals surface area contributed by atoms with Crippen molar-refractivity contribution in [1.29, 1.82) is 0 Å². The number of amides is 1. The zero-order valence-corrected chi connectivity index (χ0v) is 18.5. The van der Waals surface area contributed by atoms with E-state index >= 15 is 0 Å². The molecule has 6 heteroatoms. The van der Waals surface area contributed by atoms with Gasteiger partial charge in [-0.2, -0.15) is 0 Å². The SMILES string of the molecule is COc1ccc2c(C(C)=O)c(C)n(-c3ccc(OC4CCN(C(C)=O)CC4)cc3)c2c1. The van der Waals surface area contributed by atoms with E-state index in [2.05, 4.69) is 4.57 Å². The van der Waals surface area contributed by atoms with E-state index in [-0.39, 0.29) is 17.8 Å². The van der Waals surface area contributed by atoms with Crippen LogP contribution in [-0.4, -0.2) is 47.5 Å². The minimum atomic E-state index is 0.0447. The maximum Gasteiger partial charge on any atom is 0.219 e. The molecule has 31 heavy (non-hydrogen) atoms. The van der Waals surface area contributed by atoms with E-state index in [0.717, 1.165) is 65.3 Å². The highest BCUT2D eigenvalue weighted by Crippen LogP contribution is 2.33. The van der Waals surface area contributed by atoms with Gasteiger partial charge in [-0.25, -0.2) is 0 Å². The molecule has 4 rings (SSSR count). The van der Waals surface area contributed by atoms with E-state index in [1.807, 2.05) is 54.3 Å².